The van der Waals surface area contributed by atoms with E-state index in [0.29, 0.717) is 10.6 Å². The van der Waals surface area contributed by atoms with Crippen molar-refractivity contribution in [2.75, 3.05) is 5.32 Å². The van der Waals surface area contributed by atoms with E-state index in [1.54, 1.807) is 22.7 Å². The number of aryl methyl sites for hydroxylation is 1. The number of benzene rings is 2. The summed E-state index contributed by atoms with van der Waals surface area (Å²) in [6.07, 6.45) is 0.719. The average Bonchev–Trinajstić information content (AvgIpc) is 3.28. The molecule has 2 aromatic heterocycles. The summed E-state index contributed by atoms with van der Waals surface area (Å²) in [6.45, 7) is 1.98. The van der Waals surface area contributed by atoms with E-state index in [4.69, 9.17) is 11.6 Å². The van der Waals surface area contributed by atoms with Crippen molar-refractivity contribution in [3.63, 3.8) is 0 Å². The van der Waals surface area contributed by atoms with Gasteiger partial charge in [0.25, 0.3) is 11.6 Å². The zero-order valence-electron chi connectivity index (χ0n) is 15.0. The topological polar surface area (TPSA) is 115 Å². The van der Waals surface area contributed by atoms with Crippen LogP contribution in [0.5, 0.6) is 0 Å². The molecule has 0 aliphatic heterocycles. The number of halogens is 1. The quantitative estimate of drug-likeness (QED) is 0.375. The lowest BCUT2D eigenvalue weighted by Crippen LogP contribution is -2.12. The molecule has 0 fully saturated rings. The van der Waals surface area contributed by atoms with Crippen molar-refractivity contribution in [3.05, 3.63) is 69.0 Å². The summed E-state index contributed by atoms with van der Waals surface area (Å²) in [7, 11) is 0. The highest BCUT2D eigenvalue weighted by Gasteiger charge is 2.16. The number of anilines is 1. The number of rotatable bonds is 5. The van der Waals surface area contributed by atoms with Crippen LogP contribution < -0.4 is 5.32 Å². The van der Waals surface area contributed by atoms with Gasteiger partial charge in [0.15, 0.2) is 5.82 Å². The molecule has 4 rings (SSSR count). The lowest BCUT2D eigenvalue weighted by atomic mass is 10.1. The normalized spacial score (nSPS) is 11.0. The molecule has 29 heavy (non-hydrogen) atoms. The minimum absolute atomic E-state index is 0.00796. The number of hydrogen-bond donors (Lipinski definition) is 1. The van der Waals surface area contributed by atoms with Crippen LogP contribution in [0.2, 0.25) is 5.02 Å². The second kappa shape index (κ2) is 7.57. The summed E-state index contributed by atoms with van der Waals surface area (Å²) in [5.41, 5.74) is 1.33. The highest BCUT2D eigenvalue weighted by Crippen LogP contribution is 2.28. The van der Waals surface area contributed by atoms with Gasteiger partial charge in [-0.3, -0.25) is 14.9 Å². The molecular weight excluding hydrogens is 416 g/mol. The Bertz CT molecular complexity index is 1250. The summed E-state index contributed by atoms with van der Waals surface area (Å²) in [6, 6.07) is 10.9. The third-order valence-electron chi connectivity index (χ3n) is 4.15. The molecule has 0 atom stereocenters. The van der Waals surface area contributed by atoms with Gasteiger partial charge in [-0.15, -0.1) is 10.2 Å². The highest BCUT2D eigenvalue weighted by atomic mass is 35.5. The van der Waals surface area contributed by atoms with Gasteiger partial charge in [0.2, 0.25) is 4.96 Å². The Morgan fingerprint density at radius 2 is 2.10 bits per heavy atom. The fourth-order valence-electron chi connectivity index (χ4n) is 2.72. The number of fused-ring (bicyclic) bond motifs is 1. The van der Waals surface area contributed by atoms with Gasteiger partial charge >= 0.3 is 0 Å². The van der Waals surface area contributed by atoms with Crippen molar-refractivity contribution in [3.8, 4) is 10.6 Å². The van der Waals surface area contributed by atoms with Crippen LogP contribution >= 0.6 is 22.9 Å². The van der Waals surface area contributed by atoms with Gasteiger partial charge in [-0.1, -0.05) is 42.0 Å². The van der Waals surface area contributed by atoms with Crippen LogP contribution in [0.3, 0.4) is 0 Å². The molecule has 0 aliphatic rings. The Hall–Kier alpha value is -3.37. The van der Waals surface area contributed by atoms with Crippen LogP contribution in [-0.4, -0.2) is 30.6 Å². The third-order valence-corrected chi connectivity index (χ3v) is 5.41. The van der Waals surface area contributed by atoms with E-state index in [-0.39, 0.29) is 16.3 Å². The van der Waals surface area contributed by atoms with Gasteiger partial charge in [-0.25, -0.2) is 0 Å². The molecule has 2 aromatic carbocycles. The number of nitro benzene ring substituents is 1. The summed E-state index contributed by atoms with van der Waals surface area (Å²) >= 11 is 7.43. The monoisotopic (exact) mass is 428 g/mol. The number of nitro groups is 1. The van der Waals surface area contributed by atoms with Crippen LogP contribution in [-0.2, 0) is 6.42 Å². The van der Waals surface area contributed by atoms with Crippen molar-refractivity contribution >= 4 is 45.2 Å². The minimum Gasteiger partial charge on any atom is -0.322 e. The van der Waals surface area contributed by atoms with Gasteiger partial charge < -0.3 is 5.32 Å². The second-order valence-electron chi connectivity index (χ2n) is 6.03. The van der Waals surface area contributed by atoms with Crippen molar-refractivity contribution in [1.82, 2.24) is 19.8 Å². The zero-order valence-corrected chi connectivity index (χ0v) is 16.6. The molecular formula is C18H13ClN6O3S. The molecule has 1 amide bonds. The molecule has 146 valence electrons. The van der Waals surface area contributed by atoms with Crippen LogP contribution in [0.15, 0.2) is 42.5 Å². The van der Waals surface area contributed by atoms with Crippen LogP contribution in [0.4, 0.5) is 11.4 Å². The number of carbonyl (C=O) groups is 1. The first-order valence-corrected chi connectivity index (χ1v) is 9.72. The molecule has 4 aromatic rings. The maximum Gasteiger partial charge on any atom is 0.270 e. The fourth-order valence-corrected chi connectivity index (χ4v) is 3.84. The lowest BCUT2D eigenvalue weighted by Gasteiger charge is -2.08. The number of hydrogen-bond acceptors (Lipinski definition) is 7. The van der Waals surface area contributed by atoms with Crippen LogP contribution in [0.1, 0.15) is 23.1 Å². The van der Waals surface area contributed by atoms with Crippen LogP contribution in [0.25, 0.3) is 15.5 Å². The summed E-state index contributed by atoms with van der Waals surface area (Å²) in [4.78, 5) is 23.5. The van der Waals surface area contributed by atoms with E-state index in [0.717, 1.165) is 28.9 Å². The van der Waals surface area contributed by atoms with E-state index < -0.39 is 10.8 Å². The van der Waals surface area contributed by atoms with Gasteiger partial charge in [0.1, 0.15) is 5.01 Å². The number of carbonyl (C=O) groups excluding carboxylic acids is 1. The SMILES string of the molecule is CCc1nnc2sc(-c3cccc(NC(=O)c4ccc([N+](=O)[O-])cc4Cl)c3)nn12. The fraction of sp³-hybridized carbons (Fsp3) is 0.111. The van der Waals surface area contributed by atoms with Crippen molar-refractivity contribution in [2.24, 2.45) is 0 Å². The summed E-state index contributed by atoms with van der Waals surface area (Å²) < 4.78 is 1.71. The Morgan fingerprint density at radius 1 is 1.28 bits per heavy atom. The number of non-ortho nitro benzene ring substituents is 1. The smallest absolute Gasteiger partial charge is 0.270 e. The standard InChI is InChI=1S/C18H13ClN6O3S/c1-2-15-21-22-18-24(15)23-17(29-18)10-4-3-5-11(8-10)20-16(26)13-7-6-12(25(27)28)9-14(13)19/h3-9H,2H2,1H3,(H,20,26). The summed E-state index contributed by atoms with van der Waals surface area (Å²) in [5.74, 6) is 0.313. The van der Waals surface area contributed by atoms with Gasteiger partial charge in [-0.2, -0.15) is 9.61 Å². The molecule has 2 heterocycles. The van der Waals surface area contributed by atoms with Crippen LogP contribution in [0, 0.1) is 10.1 Å². The molecule has 0 saturated heterocycles. The molecule has 9 nitrogen and oxygen atoms in total. The molecule has 0 bridgehead atoms. The van der Waals surface area contributed by atoms with Gasteiger partial charge in [-0.05, 0) is 18.2 Å². The van der Waals surface area contributed by atoms with E-state index in [9.17, 15) is 14.9 Å². The largest absolute Gasteiger partial charge is 0.322 e. The highest BCUT2D eigenvalue weighted by molar-refractivity contribution is 7.19. The van der Waals surface area contributed by atoms with Gasteiger partial charge in [0.05, 0.1) is 15.5 Å². The average molecular weight is 429 g/mol. The van der Waals surface area contributed by atoms with Gasteiger partial charge in [0, 0.05) is 29.8 Å². The maximum atomic E-state index is 12.5. The minimum atomic E-state index is -0.568. The van der Waals surface area contributed by atoms with E-state index in [1.807, 2.05) is 13.0 Å². The molecule has 0 spiro atoms. The Morgan fingerprint density at radius 3 is 2.83 bits per heavy atom. The predicted octanol–water partition coefficient (Wildman–Crippen LogP) is 4.23. The van der Waals surface area contributed by atoms with Crippen molar-refractivity contribution in [2.45, 2.75) is 13.3 Å². The third kappa shape index (κ3) is 3.67. The summed E-state index contributed by atoms with van der Waals surface area (Å²) in [5, 5.41) is 27.1. The van der Waals surface area contributed by atoms with Crippen molar-refractivity contribution < 1.29 is 9.72 Å². The molecule has 0 unspecified atom stereocenters. The molecule has 0 saturated carbocycles. The predicted molar refractivity (Wildman–Crippen MR) is 110 cm³/mol. The number of nitrogens with zero attached hydrogens (tertiary/aromatic N) is 5. The molecule has 0 aliphatic carbocycles. The zero-order chi connectivity index (χ0) is 20.5. The number of aromatic nitrogens is 4. The second-order valence-corrected chi connectivity index (χ2v) is 7.39. The Balaban J connectivity index is 1.59. The van der Waals surface area contributed by atoms with E-state index in [1.165, 1.54) is 23.5 Å². The first-order valence-electron chi connectivity index (χ1n) is 8.53. The first-order chi connectivity index (χ1) is 14.0. The Labute approximate surface area is 173 Å². The molecule has 1 N–H and O–H groups in total. The maximum absolute atomic E-state index is 12.5. The number of amides is 1. The molecule has 0 radical (unpaired) electrons. The Kier molecular flexibility index (Phi) is 4.95. The lowest BCUT2D eigenvalue weighted by molar-refractivity contribution is -0.384. The van der Waals surface area contributed by atoms with Crippen molar-refractivity contribution in [1.29, 1.82) is 0 Å². The first kappa shape index (κ1) is 19.0. The molecule has 11 heteroatoms. The van der Waals surface area contributed by atoms with E-state index in [2.05, 4.69) is 20.6 Å². The van der Waals surface area contributed by atoms with E-state index >= 15 is 0 Å². The number of nitrogens with one attached hydrogen (secondary N) is 1.